The Balaban J connectivity index is 0. The largest absolute Gasteiger partial charge is 2.00 e. The van der Waals surface area contributed by atoms with Crippen LogP contribution in [-0.4, -0.2) is 68.0 Å². The van der Waals surface area contributed by atoms with E-state index < -0.39 is 0 Å². The molecule has 7 heavy (non-hydrogen) atoms. The molecule has 40 valence electrons. The van der Waals surface area contributed by atoms with Crippen LogP contribution in [0.15, 0.2) is 0 Å². The Morgan fingerprint density at radius 3 is 0.429 bits per heavy atom. The summed E-state index contributed by atoms with van der Waals surface area (Å²) in [6.45, 7) is 0. The number of rotatable bonds is 0. The Morgan fingerprint density at radius 1 is 0.429 bits per heavy atom. The molecule has 0 rings (SSSR count). The maximum atomic E-state index is 0. The third kappa shape index (κ3) is 113. The summed E-state index contributed by atoms with van der Waals surface area (Å²) in [6.07, 6.45) is 0. The fraction of sp³-hybridized carbons (Fsp3) is 1.00. The summed E-state index contributed by atoms with van der Waals surface area (Å²) >= 11 is 0. The minimum absolute atomic E-state index is 0. The monoisotopic (exact) mass is 132 g/mol. The standard InChI is InChI=1S/CH4.2Mg.4H2O/h1H4;;;4*1H2/q;2*+2;;;;/p-4. The summed E-state index contributed by atoms with van der Waals surface area (Å²) in [5.41, 5.74) is 0. The van der Waals surface area contributed by atoms with Gasteiger partial charge >= 0.3 is 46.1 Å². The molecule has 0 saturated heterocycles. The normalized spacial score (nSPS) is 0. The fourth-order valence-electron chi connectivity index (χ4n) is 0. The Hall–Kier alpha value is 1.37. The second kappa shape index (κ2) is 159. The van der Waals surface area contributed by atoms with E-state index in [-0.39, 0.29) is 75.4 Å². The van der Waals surface area contributed by atoms with Crippen molar-refractivity contribution >= 4 is 46.1 Å². The molecule has 0 aliphatic rings. The van der Waals surface area contributed by atoms with Crippen LogP contribution < -0.4 is 0 Å². The van der Waals surface area contributed by atoms with Crippen LogP contribution in [0.4, 0.5) is 0 Å². The van der Waals surface area contributed by atoms with E-state index >= 15 is 0 Å². The van der Waals surface area contributed by atoms with Gasteiger partial charge < -0.3 is 21.9 Å². The molecule has 0 aromatic heterocycles. The van der Waals surface area contributed by atoms with Crippen molar-refractivity contribution in [2.24, 2.45) is 0 Å². The molecule has 0 bridgehead atoms. The second-order valence-corrected chi connectivity index (χ2v) is 0. The van der Waals surface area contributed by atoms with Crippen LogP contribution in [0.2, 0.25) is 0 Å². The fourth-order valence-corrected chi connectivity index (χ4v) is 0. The average Bonchev–Trinajstić information content (AvgIpc) is 0. The zero-order chi connectivity index (χ0) is 0. The van der Waals surface area contributed by atoms with Crippen LogP contribution in [0.25, 0.3) is 0 Å². The van der Waals surface area contributed by atoms with Crippen molar-refractivity contribution in [2.45, 2.75) is 7.43 Å². The Kier molecular flexibility index (Phi) is 5490. The van der Waals surface area contributed by atoms with Gasteiger partial charge in [0.15, 0.2) is 0 Å². The Morgan fingerprint density at radius 2 is 0.429 bits per heavy atom. The second-order valence-electron chi connectivity index (χ2n) is 0. The van der Waals surface area contributed by atoms with Crippen molar-refractivity contribution in [3.8, 4) is 0 Å². The Labute approximate surface area is 75.2 Å². The molecule has 0 aliphatic heterocycles. The predicted molar refractivity (Wildman–Crippen MR) is 26.0 cm³/mol. The van der Waals surface area contributed by atoms with Gasteiger partial charge in [0.1, 0.15) is 0 Å². The summed E-state index contributed by atoms with van der Waals surface area (Å²) in [4.78, 5) is 0. The van der Waals surface area contributed by atoms with Gasteiger partial charge in [-0.25, -0.2) is 0 Å². The third-order valence-electron chi connectivity index (χ3n) is 0. The summed E-state index contributed by atoms with van der Waals surface area (Å²) in [7, 11) is 0. The van der Waals surface area contributed by atoms with Crippen LogP contribution in [0, 0.1) is 0 Å². The molecule has 0 unspecified atom stereocenters. The molecular formula is CH8Mg2O4. The molecule has 0 aromatic rings. The van der Waals surface area contributed by atoms with E-state index in [2.05, 4.69) is 0 Å². The van der Waals surface area contributed by atoms with Gasteiger partial charge in [0.2, 0.25) is 0 Å². The molecule has 0 aromatic carbocycles. The number of hydrogen-bond donors (Lipinski definition) is 0. The van der Waals surface area contributed by atoms with E-state index in [9.17, 15) is 0 Å². The Bertz CT molecular complexity index is 9.65. The summed E-state index contributed by atoms with van der Waals surface area (Å²) in [5, 5.41) is 0. The molecule has 0 amide bonds. The first-order valence-corrected chi connectivity index (χ1v) is 0. The predicted octanol–water partition coefficient (Wildman–Crippen LogP) is -0.833. The van der Waals surface area contributed by atoms with Crippen molar-refractivity contribution in [2.75, 3.05) is 0 Å². The quantitative estimate of drug-likeness (QED) is 0.400. The van der Waals surface area contributed by atoms with Gasteiger partial charge in [-0.1, -0.05) is 7.43 Å². The molecule has 0 atom stereocenters. The van der Waals surface area contributed by atoms with Crippen molar-refractivity contribution in [3.05, 3.63) is 0 Å². The molecule has 4 nitrogen and oxygen atoms in total. The van der Waals surface area contributed by atoms with Crippen molar-refractivity contribution in [1.82, 2.24) is 0 Å². The summed E-state index contributed by atoms with van der Waals surface area (Å²) in [6, 6.07) is 0. The van der Waals surface area contributed by atoms with Crippen LogP contribution in [0.5, 0.6) is 0 Å². The molecule has 4 N–H and O–H groups in total. The van der Waals surface area contributed by atoms with E-state index in [1.165, 1.54) is 0 Å². The maximum Gasteiger partial charge on any atom is 2.00 e. The molecule has 0 spiro atoms. The van der Waals surface area contributed by atoms with Crippen molar-refractivity contribution in [3.63, 3.8) is 0 Å². The van der Waals surface area contributed by atoms with E-state index in [1.807, 2.05) is 0 Å². The summed E-state index contributed by atoms with van der Waals surface area (Å²) in [5.74, 6) is 0. The van der Waals surface area contributed by atoms with Gasteiger partial charge in [-0.3, -0.25) is 0 Å². The molecular weight excluding hydrogens is 125 g/mol. The molecule has 0 aliphatic carbocycles. The van der Waals surface area contributed by atoms with Gasteiger partial charge in [0, 0.05) is 0 Å². The van der Waals surface area contributed by atoms with E-state index in [1.54, 1.807) is 0 Å². The van der Waals surface area contributed by atoms with Gasteiger partial charge in [0.25, 0.3) is 0 Å². The van der Waals surface area contributed by atoms with Crippen LogP contribution >= 0.6 is 0 Å². The van der Waals surface area contributed by atoms with Crippen molar-refractivity contribution in [1.29, 1.82) is 0 Å². The minimum atomic E-state index is 0. The van der Waals surface area contributed by atoms with Gasteiger partial charge in [-0.05, 0) is 0 Å². The first-order valence-electron chi connectivity index (χ1n) is 0. The summed E-state index contributed by atoms with van der Waals surface area (Å²) < 4.78 is 0. The number of hydrogen-bond acceptors (Lipinski definition) is 4. The van der Waals surface area contributed by atoms with Crippen LogP contribution in [-0.2, 0) is 0 Å². The van der Waals surface area contributed by atoms with E-state index in [4.69, 9.17) is 0 Å². The minimum Gasteiger partial charge on any atom is -0.870 e. The van der Waals surface area contributed by atoms with Crippen LogP contribution in [0.1, 0.15) is 7.43 Å². The topological polar surface area (TPSA) is 120 Å². The molecule has 0 heterocycles. The molecule has 0 fully saturated rings. The SMILES string of the molecule is C.[Mg+2].[Mg+2].[OH-].[OH-].[OH-].[OH-]. The van der Waals surface area contributed by atoms with Crippen molar-refractivity contribution < 1.29 is 21.9 Å². The van der Waals surface area contributed by atoms with Crippen LogP contribution in [0.3, 0.4) is 0 Å². The smallest absolute Gasteiger partial charge is 0.870 e. The molecule has 6 heteroatoms. The molecule has 0 radical (unpaired) electrons. The van der Waals surface area contributed by atoms with E-state index in [0.717, 1.165) is 0 Å². The van der Waals surface area contributed by atoms with Gasteiger partial charge in [-0.15, -0.1) is 0 Å². The first-order chi connectivity index (χ1) is 0. The molecule has 0 saturated carbocycles. The third-order valence-corrected chi connectivity index (χ3v) is 0. The van der Waals surface area contributed by atoms with Gasteiger partial charge in [-0.2, -0.15) is 0 Å². The van der Waals surface area contributed by atoms with Gasteiger partial charge in [0.05, 0.1) is 0 Å². The average molecular weight is 133 g/mol. The zero-order valence-corrected chi connectivity index (χ0v) is 6.03. The zero-order valence-electron chi connectivity index (χ0n) is 3.20. The first kappa shape index (κ1) is 242. The van der Waals surface area contributed by atoms with E-state index in [0.29, 0.717) is 0 Å². The maximum absolute atomic E-state index is 0.